The van der Waals surface area contributed by atoms with E-state index in [9.17, 15) is 18.0 Å². The number of ether oxygens (including phenoxy) is 1. The van der Waals surface area contributed by atoms with Gasteiger partial charge in [0.25, 0.3) is 15.9 Å². The summed E-state index contributed by atoms with van der Waals surface area (Å²) in [5, 5.41) is 11.4. The Hall–Kier alpha value is -3.71. The molecule has 0 aromatic heterocycles. The van der Waals surface area contributed by atoms with Crippen LogP contribution in [0.3, 0.4) is 0 Å². The molecule has 9 nitrogen and oxygen atoms in total. The molecule has 0 fully saturated rings. The fraction of sp³-hybridized carbons (Fsp3) is 0.158. The Morgan fingerprint density at radius 1 is 1.17 bits per heavy atom. The Balaban J connectivity index is 1.48. The predicted molar refractivity (Wildman–Crippen MR) is 104 cm³/mol. The molecule has 29 heavy (non-hydrogen) atoms. The van der Waals surface area contributed by atoms with Gasteiger partial charge in [-0.3, -0.25) is 19.3 Å². The number of aliphatic imine (C=N–C) groups is 1. The molecule has 0 bridgehead atoms. The molecular formula is C19H16N4O5S. The lowest BCUT2D eigenvalue weighted by Crippen LogP contribution is -2.23. The maximum absolute atomic E-state index is 12.0. The molecule has 0 radical (unpaired) electrons. The largest absolute Gasteiger partial charge is 0.456 e. The second-order valence-electron chi connectivity index (χ2n) is 5.98. The van der Waals surface area contributed by atoms with E-state index in [2.05, 4.69) is 15.0 Å². The van der Waals surface area contributed by atoms with Crippen molar-refractivity contribution >= 4 is 33.4 Å². The highest BCUT2D eigenvalue weighted by molar-refractivity contribution is 7.90. The number of nitrogens with one attached hydrogen (secondary N) is 2. The van der Waals surface area contributed by atoms with Crippen molar-refractivity contribution in [3.8, 4) is 6.07 Å². The number of rotatable bonds is 6. The molecule has 1 aliphatic rings. The zero-order valence-electron chi connectivity index (χ0n) is 15.1. The van der Waals surface area contributed by atoms with E-state index in [0.717, 1.165) is 0 Å². The molecule has 2 aromatic carbocycles. The van der Waals surface area contributed by atoms with Crippen molar-refractivity contribution in [1.29, 1.82) is 5.26 Å². The van der Waals surface area contributed by atoms with Gasteiger partial charge in [0.2, 0.25) is 0 Å². The number of nitriles is 1. The van der Waals surface area contributed by atoms with Gasteiger partial charge in [-0.25, -0.2) is 8.42 Å². The Bertz CT molecular complexity index is 1140. The number of anilines is 1. The fourth-order valence-electron chi connectivity index (χ4n) is 2.59. The van der Waals surface area contributed by atoms with Gasteiger partial charge in [0.1, 0.15) is 5.84 Å². The van der Waals surface area contributed by atoms with E-state index in [4.69, 9.17) is 10.00 Å². The molecule has 10 heteroatoms. The molecule has 2 N–H and O–H groups in total. The van der Waals surface area contributed by atoms with E-state index < -0.39 is 28.5 Å². The van der Waals surface area contributed by atoms with Crippen LogP contribution < -0.4 is 10.0 Å². The minimum absolute atomic E-state index is 0.00312. The average molecular weight is 412 g/mol. The number of carbonyl (C=O) groups is 2. The normalized spacial score (nSPS) is 15.1. The SMILES string of the molecule is N#Cc1cccc(NC(=O)COC(=O)CCN=C2NS(=O)(=O)c3ccccc32)c1. The molecule has 0 saturated heterocycles. The lowest BCUT2D eigenvalue weighted by atomic mass is 10.2. The second-order valence-corrected chi connectivity index (χ2v) is 7.63. The number of sulfonamides is 1. The summed E-state index contributed by atoms with van der Waals surface area (Å²) >= 11 is 0. The van der Waals surface area contributed by atoms with Crippen LogP contribution in [0, 0.1) is 11.3 Å². The highest BCUT2D eigenvalue weighted by Crippen LogP contribution is 2.22. The molecule has 0 saturated carbocycles. The quantitative estimate of drug-likeness (QED) is 0.683. The van der Waals surface area contributed by atoms with Gasteiger partial charge in [0, 0.05) is 11.3 Å². The van der Waals surface area contributed by atoms with E-state index in [1.54, 1.807) is 36.4 Å². The Morgan fingerprint density at radius 2 is 1.97 bits per heavy atom. The summed E-state index contributed by atoms with van der Waals surface area (Å²) in [5.41, 5.74) is 1.26. The summed E-state index contributed by atoms with van der Waals surface area (Å²) in [5.74, 6) is -1.02. The van der Waals surface area contributed by atoms with E-state index in [1.807, 2.05) is 6.07 Å². The van der Waals surface area contributed by atoms with Crippen LogP contribution in [0.25, 0.3) is 0 Å². The maximum atomic E-state index is 12.0. The monoisotopic (exact) mass is 412 g/mol. The van der Waals surface area contributed by atoms with Crippen LogP contribution in [-0.2, 0) is 24.3 Å². The van der Waals surface area contributed by atoms with Gasteiger partial charge in [-0.15, -0.1) is 0 Å². The number of hydrogen-bond acceptors (Lipinski definition) is 7. The maximum Gasteiger partial charge on any atom is 0.308 e. The lowest BCUT2D eigenvalue weighted by Gasteiger charge is -2.06. The molecule has 148 valence electrons. The Kier molecular flexibility index (Phi) is 5.90. The van der Waals surface area contributed by atoms with Crippen LogP contribution >= 0.6 is 0 Å². The van der Waals surface area contributed by atoms with Crippen molar-refractivity contribution in [1.82, 2.24) is 4.72 Å². The Morgan fingerprint density at radius 3 is 2.76 bits per heavy atom. The highest BCUT2D eigenvalue weighted by Gasteiger charge is 2.29. The van der Waals surface area contributed by atoms with Gasteiger partial charge in [0.15, 0.2) is 6.61 Å². The number of benzene rings is 2. The number of carbonyl (C=O) groups excluding carboxylic acids is 2. The van der Waals surface area contributed by atoms with E-state index in [1.165, 1.54) is 12.1 Å². The number of amides is 1. The predicted octanol–water partition coefficient (Wildman–Crippen LogP) is 1.17. The smallest absolute Gasteiger partial charge is 0.308 e. The van der Waals surface area contributed by atoms with Crippen LogP contribution in [0.5, 0.6) is 0 Å². The minimum Gasteiger partial charge on any atom is -0.456 e. The van der Waals surface area contributed by atoms with E-state index >= 15 is 0 Å². The van der Waals surface area contributed by atoms with Crippen molar-refractivity contribution in [3.05, 3.63) is 59.7 Å². The second kappa shape index (κ2) is 8.53. The van der Waals surface area contributed by atoms with Crippen molar-refractivity contribution in [2.24, 2.45) is 4.99 Å². The molecule has 0 unspecified atom stereocenters. The average Bonchev–Trinajstić information content (AvgIpc) is 2.97. The first kappa shape index (κ1) is 20.0. The number of hydrogen-bond donors (Lipinski definition) is 2. The zero-order valence-corrected chi connectivity index (χ0v) is 15.9. The molecule has 3 rings (SSSR count). The Labute approximate surface area is 167 Å². The van der Waals surface area contributed by atoms with Gasteiger partial charge in [-0.1, -0.05) is 18.2 Å². The third kappa shape index (κ3) is 4.97. The molecule has 1 amide bonds. The van der Waals surface area contributed by atoms with Crippen LogP contribution in [0.15, 0.2) is 58.4 Å². The number of amidine groups is 1. The molecule has 0 aliphatic carbocycles. The first-order valence-corrected chi connectivity index (χ1v) is 10.00. The molecular weight excluding hydrogens is 396 g/mol. The van der Waals surface area contributed by atoms with Gasteiger partial charge in [-0.05, 0) is 30.3 Å². The molecule has 0 atom stereocenters. The number of esters is 1. The topological polar surface area (TPSA) is 138 Å². The molecule has 0 spiro atoms. The summed E-state index contributed by atoms with van der Waals surface area (Å²) in [7, 11) is -3.63. The van der Waals surface area contributed by atoms with Crippen molar-refractivity contribution in [3.63, 3.8) is 0 Å². The zero-order chi connectivity index (χ0) is 20.9. The van der Waals surface area contributed by atoms with Crippen LogP contribution in [-0.4, -0.2) is 39.3 Å². The van der Waals surface area contributed by atoms with Crippen molar-refractivity contribution in [2.75, 3.05) is 18.5 Å². The standard InChI is InChI=1S/C19H16N4O5S/c20-11-13-4-3-5-14(10-13)22-17(24)12-28-18(25)8-9-21-19-15-6-1-2-7-16(15)29(26,27)23-19/h1-7,10H,8-9,12H2,(H,21,23)(H,22,24). The van der Waals surface area contributed by atoms with E-state index in [-0.39, 0.29) is 23.7 Å². The summed E-state index contributed by atoms with van der Waals surface area (Å²) in [6.45, 7) is -0.488. The first-order valence-electron chi connectivity index (χ1n) is 8.51. The fourth-order valence-corrected chi connectivity index (χ4v) is 3.84. The van der Waals surface area contributed by atoms with Crippen LogP contribution in [0.1, 0.15) is 17.5 Å². The van der Waals surface area contributed by atoms with Crippen LogP contribution in [0.4, 0.5) is 5.69 Å². The van der Waals surface area contributed by atoms with E-state index in [0.29, 0.717) is 16.8 Å². The molecule has 1 aliphatic heterocycles. The summed E-state index contributed by atoms with van der Waals surface area (Å²) < 4.78 is 31.2. The number of nitrogens with zero attached hydrogens (tertiary/aromatic N) is 2. The molecule has 1 heterocycles. The van der Waals surface area contributed by atoms with Crippen molar-refractivity contribution < 1.29 is 22.7 Å². The van der Waals surface area contributed by atoms with Gasteiger partial charge in [-0.2, -0.15) is 5.26 Å². The van der Waals surface area contributed by atoms with Gasteiger partial charge < -0.3 is 10.1 Å². The van der Waals surface area contributed by atoms with Crippen LogP contribution in [0.2, 0.25) is 0 Å². The van der Waals surface area contributed by atoms with Gasteiger partial charge in [0.05, 0.1) is 29.5 Å². The third-order valence-corrected chi connectivity index (χ3v) is 5.29. The third-order valence-electron chi connectivity index (χ3n) is 3.89. The minimum atomic E-state index is -3.63. The molecule has 2 aromatic rings. The van der Waals surface area contributed by atoms with Gasteiger partial charge >= 0.3 is 5.97 Å². The number of fused-ring (bicyclic) bond motifs is 1. The summed E-state index contributed by atoms with van der Waals surface area (Å²) in [4.78, 5) is 27.9. The highest BCUT2D eigenvalue weighted by atomic mass is 32.2. The first-order chi connectivity index (χ1) is 13.9. The lowest BCUT2D eigenvalue weighted by molar-refractivity contribution is -0.147. The van der Waals surface area contributed by atoms with Crippen molar-refractivity contribution in [2.45, 2.75) is 11.3 Å². The summed E-state index contributed by atoms with van der Waals surface area (Å²) in [6, 6.07) is 14.7. The summed E-state index contributed by atoms with van der Waals surface area (Å²) in [6.07, 6.45) is -0.120.